The van der Waals surface area contributed by atoms with Crippen molar-refractivity contribution in [2.75, 3.05) is 52.9 Å². The van der Waals surface area contributed by atoms with Crippen LogP contribution in [0, 0.1) is 10.8 Å². The highest BCUT2D eigenvalue weighted by Crippen LogP contribution is 2.12. The van der Waals surface area contributed by atoms with Gasteiger partial charge in [-0.1, -0.05) is 0 Å². The van der Waals surface area contributed by atoms with E-state index in [1.54, 1.807) is 0 Å². The van der Waals surface area contributed by atoms with Crippen LogP contribution in [0.4, 0.5) is 0 Å². The normalized spacial score (nSPS) is 9.45. The second-order valence-corrected chi connectivity index (χ2v) is 12.0. The Morgan fingerprint density at radius 3 is 0.258 bits per heavy atom. The first-order valence-corrected chi connectivity index (χ1v) is 17.7. The number of carboxylic acid groups (broad SMARTS) is 12. The fourth-order valence-corrected chi connectivity index (χ4v) is 1.88. The van der Waals surface area contributed by atoms with Crippen LogP contribution in [0.15, 0.2) is 0 Å². The van der Waals surface area contributed by atoms with Gasteiger partial charge in [0.1, 0.15) is 0 Å². The van der Waals surface area contributed by atoms with E-state index in [0.717, 1.165) is 0 Å². The molecule has 0 saturated heterocycles. The molecule has 0 heterocycles. The highest BCUT2D eigenvalue weighted by Gasteiger charge is 2.27. The van der Waals surface area contributed by atoms with Gasteiger partial charge in [0.2, 0.25) is 0 Å². The third-order valence-corrected chi connectivity index (χ3v) is 6.00. The average Bonchev–Trinajstić information content (AvgIpc) is 3.23. The molecule has 0 aliphatic carbocycles. The van der Waals surface area contributed by atoms with Gasteiger partial charge in [-0.25, -0.2) is 0 Å². The molecule has 388 valence electrons. The predicted octanol–water partition coefficient (Wildman–Crippen LogP) is -4.50. The van der Waals surface area contributed by atoms with Gasteiger partial charge in [0.25, 0.3) is 0 Å². The van der Waals surface area contributed by atoms with Crippen molar-refractivity contribution in [3.8, 4) is 0 Å². The lowest BCUT2D eigenvalue weighted by molar-refractivity contribution is -0.143. The van der Waals surface area contributed by atoms with Crippen LogP contribution in [0.5, 0.6) is 0 Å². The van der Waals surface area contributed by atoms with Gasteiger partial charge < -0.3 is 102 Å². The number of carbonyl (C=O) groups is 12. The van der Waals surface area contributed by atoms with Crippen LogP contribution in [-0.2, 0) is 57.5 Å². The molecule has 0 aromatic rings. The van der Waals surface area contributed by atoms with E-state index in [-0.39, 0.29) is 77.0 Å². The molecule has 0 saturated carbocycles. The molecule has 0 aromatic carbocycles. The Kier molecular flexibility index (Phi) is 59.1. The molecule has 0 aliphatic heterocycles. The molecular formula is C34H60O32. The molecule has 0 aliphatic rings. The molecule has 0 aromatic heterocycles. The average molecular weight is 981 g/mol. The van der Waals surface area contributed by atoms with Crippen LogP contribution in [0.3, 0.4) is 0 Å². The Morgan fingerprint density at radius 1 is 0.182 bits per heavy atom. The van der Waals surface area contributed by atoms with Crippen molar-refractivity contribution in [2.24, 2.45) is 10.8 Å². The van der Waals surface area contributed by atoms with E-state index >= 15 is 0 Å². The van der Waals surface area contributed by atoms with E-state index in [0.29, 0.717) is 0 Å². The number of aliphatic hydroxyl groups is 8. The number of carboxylic acids is 12. The molecule has 0 unspecified atom stereocenters. The van der Waals surface area contributed by atoms with Crippen molar-refractivity contribution in [3.05, 3.63) is 0 Å². The smallest absolute Gasteiger partial charge is 0.303 e. The number of hydrogen-bond acceptors (Lipinski definition) is 20. The first-order chi connectivity index (χ1) is 30.2. The molecule has 0 spiro atoms. The molecule has 0 rings (SSSR count). The van der Waals surface area contributed by atoms with Gasteiger partial charge in [0.05, 0.1) is 141 Å². The van der Waals surface area contributed by atoms with Gasteiger partial charge in [0, 0.05) is 0 Å². The summed E-state index contributed by atoms with van der Waals surface area (Å²) in [7, 11) is 0. The summed E-state index contributed by atoms with van der Waals surface area (Å²) in [4.78, 5) is 116. The van der Waals surface area contributed by atoms with E-state index in [9.17, 15) is 57.5 Å². The lowest BCUT2D eigenvalue weighted by atomic mass is 9.93. The second-order valence-electron chi connectivity index (χ2n) is 12.0. The maximum absolute atomic E-state index is 9.64. The summed E-state index contributed by atoms with van der Waals surface area (Å²) in [5, 5.41) is 163. The van der Waals surface area contributed by atoms with Crippen molar-refractivity contribution < 1.29 is 160 Å². The number of aliphatic carboxylic acids is 12. The highest BCUT2D eigenvalue weighted by molar-refractivity contribution is 5.77. The molecule has 0 radical (unpaired) electrons. The third-order valence-electron chi connectivity index (χ3n) is 6.00. The van der Waals surface area contributed by atoms with Gasteiger partial charge in [-0.2, -0.15) is 0 Å². The van der Waals surface area contributed by atoms with E-state index in [2.05, 4.69) is 0 Å². The van der Waals surface area contributed by atoms with E-state index in [4.69, 9.17) is 102 Å². The summed E-state index contributed by atoms with van der Waals surface area (Å²) in [6.07, 6.45) is -3.56. The molecule has 66 heavy (non-hydrogen) atoms. The van der Waals surface area contributed by atoms with Gasteiger partial charge >= 0.3 is 71.6 Å². The molecular weight excluding hydrogens is 920 g/mol. The van der Waals surface area contributed by atoms with Crippen molar-refractivity contribution in [1.82, 2.24) is 0 Å². The Balaban J connectivity index is -0.0000000971. The first kappa shape index (κ1) is 76.6. The van der Waals surface area contributed by atoms with Crippen molar-refractivity contribution in [2.45, 2.75) is 77.0 Å². The molecule has 20 N–H and O–H groups in total. The predicted molar refractivity (Wildman–Crippen MR) is 209 cm³/mol. The van der Waals surface area contributed by atoms with Crippen LogP contribution < -0.4 is 0 Å². The second kappa shape index (κ2) is 51.0. The summed E-state index contributed by atoms with van der Waals surface area (Å²) < 4.78 is 0. The highest BCUT2D eigenvalue weighted by atomic mass is 16.4. The van der Waals surface area contributed by atoms with Gasteiger partial charge in [-0.15, -0.1) is 0 Å². The summed E-state index contributed by atoms with van der Waals surface area (Å²) in [5.41, 5.74) is -2.22. The molecule has 0 bridgehead atoms. The van der Waals surface area contributed by atoms with Crippen molar-refractivity contribution >= 4 is 71.6 Å². The summed E-state index contributed by atoms with van der Waals surface area (Å²) in [6, 6.07) is 0. The Morgan fingerprint density at radius 2 is 0.242 bits per heavy atom. The SMILES string of the molecule is O=C(O)CCC(=O)O.O=C(O)CCC(=O)O.O=C(O)CCC(=O)O.O=C(O)CCC(=O)O.O=C(O)CCC(=O)O.O=C(O)CCC(=O)O.OCC(CO)(CO)CO.OCC(CO)(CO)CO. The molecule has 0 fully saturated rings. The van der Waals surface area contributed by atoms with Crippen LogP contribution >= 0.6 is 0 Å². The summed E-state index contributed by atoms with van der Waals surface area (Å²) in [6.45, 7) is -3.25. The van der Waals surface area contributed by atoms with Crippen LogP contribution in [0.1, 0.15) is 77.0 Å². The third kappa shape index (κ3) is 81.2. The minimum absolute atomic E-state index is 0.296. The van der Waals surface area contributed by atoms with Crippen LogP contribution in [0.25, 0.3) is 0 Å². The van der Waals surface area contributed by atoms with Crippen LogP contribution in [0.2, 0.25) is 0 Å². The largest absolute Gasteiger partial charge is 0.481 e. The Hall–Kier alpha value is -6.68. The zero-order chi connectivity index (χ0) is 54.1. The van der Waals surface area contributed by atoms with E-state index in [1.165, 1.54) is 0 Å². The number of hydrogen-bond donors (Lipinski definition) is 20. The first-order valence-electron chi connectivity index (χ1n) is 17.7. The minimum Gasteiger partial charge on any atom is -0.481 e. The topological polar surface area (TPSA) is 609 Å². The molecule has 0 amide bonds. The van der Waals surface area contributed by atoms with E-state index < -0.39 is 135 Å². The molecule has 0 atom stereocenters. The fourth-order valence-electron chi connectivity index (χ4n) is 1.88. The van der Waals surface area contributed by atoms with Crippen molar-refractivity contribution in [3.63, 3.8) is 0 Å². The lowest BCUT2D eigenvalue weighted by Crippen LogP contribution is -2.37. The monoisotopic (exact) mass is 980 g/mol. The zero-order valence-corrected chi connectivity index (χ0v) is 35.0. The number of aliphatic hydroxyl groups excluding tert-OH is 8. The fraction of sp³-hybridized carbons (Fsp3) is 0.647. The van der Waals surface area contributed by atoms with Crippen LogP contribution in [-0.4, -0.2) is 227 Å². The maximum Gasteiger partial charge on any atom is 0.303 e. The lowest BCUT2D eigenvalue weighted by Gasteiger charge is -2.23. The van der Waals surface area contributed by atoms with Gasteiger partial charge in [-0.05, 0) is 0 Å². The van der Waals surface area contributed by atoms with Gasteiger partial charge in [0.15, 0.2) is 0 Å². The summed E-state index contributed by atoms with van der Waals surface area (Å²) >= 11 is 0. The minimum atomic E-state index is -1.11. The summed E-state index contributed by atoms with van der Waals surface area (Å²) in [5.74, 6) is -12.9. The van der Waals surface area contributed by atoms with Crippen molar-refractivity contribution in [1.29, 1.82) is 0 Å². The Labute approximate surface area is 372 Å². The molecule has 32 heteroatoms. The standard InChI is InChI=1S/2C5H12O4.6C4H6O4/c2*6-1-5(2-7,3-8)4-9;6*5-3(6)1-2-4(7)8/h2*6-9H,1-4H2;6*1-2H2,(H,5,6)(H,7,8). The maximum atomic E-state index is 9.64. The zero-order valence-electron chi connectivity index (χ0n) is 35.0. The quantitative estimate of drug-likeness (QED) is 0.0388. The number of rotatable bonds is 26. The van der Waals surface area contributed by atoms with Gasteiger partial charge in [-0.3, -0.25) is 57.5 Å². The van der Waals surface area contributed by atoms with E-state index in [1.807, 2.05) is 0 Å². The molecule has 32 nitrogen and oxygen atoms in total. The Bertz CT molecular complexity index is 1040.